The van der Waals surface area contributed by atoms with E-state index in [0.29, 0.717) is 6.54 Å². The number of hydrogen-bond acceptors (Lipinski definition) is 5. The number of imidazole rings is 1. The summed E-state index contributed by atoms with van der Waals surface area (Å²) in [7, 11) is 3.74. The predicted molar refractivity (Wildman–Crippen MR) is 77.5 cm³/mol. The number of rotatable bonds is 4. The van der Waals surface area contributed by atoms with Crippen LogP contribution < -0.4 is 11.1 Å². The highest BCUT2D eigenvalue weighted by Gasteiger charge is 2.12. The highest BCUT2D eigenvalue weighted by molar-refractivity contribution is 5.70. The van der Waals surface area contributed by atoms with Crippen molar-refractivity contribution in [1.82, 2.24) is 24.1 Å². The monoisotopic (exact) mass is 271 g/mol. The van der Waals surface area contributed by atoms with Gasteiger partial charge in [0.1, 0.15) is 0 Å². The molecule has 0 saturated heterocycles. The summed E-state index contributed by atoms with van der Waals surface area (Å²) in [5.74, 6) is 0.756. The number of fused-ring (bicyclic) bond motifs is 1. The molecule has 0 atom stereocenters. The van der Waals surface area contributed by atoms with Crippen LogP contribution >= 0.6 is 0 Å². The third-order valence-corrected chi connectivity index (χ3v) is 3.18. The molecule has 20 heavy (non-hydrogen) atoms. The molecule has 0 aromatic carbocycles. The van der Waals surface area contributed by atoms with Crippen LogP contribution in [0.1, 0.15) is 5.69 Å². The van der Waals surface area contributed by atoms with Gasteiger partial charge < -0.3 is 11.1 Å². The van der Waals surface area contributed by atoms with Crippen LogP contribution in [-0.4, -0.2) is 37.7 Å². The first-order chi connectivity index (χ1) is 9.72. The van der Waals surface area contributed by atoms with E-state index in [9.17, 15) is 0 Å². The average Bonchev–Trinajstić information content (AvgIpc) is 3.04. The molecule has 0 saturated carbocycles. The minimum Gasteiger partial charge on any atom is -0.370 e. The summed E-state index contributed by atoms with van der Waals surface area (Å²) in [4.78, 5) is 8.97. The second kappa shape index (κ2) is 4.93. The summed E-state index contributed by atoms with van der Waals surface area (Å²) < 4.78 is 3.80. The van der Waals surface area contributed by atoms with Crippen LogP contribution in [0.15, 0.2) is 24.8 Å². The first-order valence-corrected chi connectivity index (χ1v) is 6.46. The van der Waals surface area contributed by atoms with Crippen LogP contribution in [0.4, 0.5) is 5.82 Å². The van der Waals surface area contributed by atoms with Gasteiger partial charge in [0.15, 0.2) is 11.5 Å². The fourth-order valence-corrected chi connectivity index (χ4v) is 2.24. The van der Waals surface area contributed by atoms with Gasteiger partial charge in [0, 0.05) is 38.5 Å². The van der Waals surface area contributed by atoms with Crippen molar-refractivity contribution in [2.45, 2.75) is 6.42 Å². The molecule has 3 rings (SSSR count). The number of aromatic nitrogens is 5. The Labute approximate surface area is 116 Å². The highest BCUT2D eigenvalue weighted by Crippen LogP contribution is 2.23. The van der Waals surface area contributed by atoms with E-state index in [1.807, 2.05) is 43.3 Å². The largest absolute Gasteiger partial charge is 0.370 e. The number of nitrogens with zero attached hydrogens (tertiary/aromatic N) is 5. The number of aryl methyl sites for hydroxylation is 1. The first-order valence-electron chi connectivity index (χ1n) is 6.46. The van der Waals surface area contributed by atoms with Crippen LogP contribution in [-0.2, 0) is 13.5 Å². The molecular weight excluding hydrogens is 254 g/mol. The van der Waals surface area contributed by atoms with E-state index in [4.69, 9.17) is 5.73 Å². The standard InChI is InChI=1S/C13H17N7/c1-15-12-13-16-6-11(9-5-17-19(2)7-9)20(13)8-10(18-12)3-4-14/h5-8H,3-4,14H2,1-2H3,(H,15,18). The summed E-state index contributed by atoms with van der Waals surface area (Å²) in [5, 5.41) is 7.29. The molecule has 0 aliphatic heterocycles. The zero-order valence-electron chi connectivity index (χ0n) is 11.5. The minimum absolute atomic E-state index is 0.568. The van der Waals surface area contributed by atoms with E-state index in [1.54, 1.807) is 4.68 Å². The van der Waals surface area contributed by atoms with Crippen LogP contribution in [0.25, 0.3) is 16.9 Å². The fourth-order valence-electron chi connectivity index (χ4n) is 2.24. The second-order valence-corrected chi connectivity index (χ2v) is 4.61. The van der Waals surface area contributed by atoms with Crippen molar-refractivity contribution in [3.63, 3.8) is 0 Å². The molecule has 7 heteroatoms. The van der Waals surface area contributed by atoms with Crippen molar-refractivity contribution in [1.29, 1.82) is 0 Å². The van der Waals surface area contributed by atoms with Gasteiger partial charge in [-0.3, -0.25) is 9.08 Å². The Bertz CT molecular complexity index is 740. The second-order valence-electron chi connectivity index (χ2n) is 4.61. The maximum atomic E-state index is 5.63. The maximum absolute atomic E-state index is 5.63. The van der Waals surface area contributed by atoms with Gasteiger partial charge in [0.25, 0.3) is 0 Å². The van der Waals surface area contributed by atoms with Crippen molar-refractivity contribution in [3.05, 3.63) is 30.5 Å². The van der Waals surface area contributed by atoms with E-state index in [1.165, 1.54) is 0 Å². The molecule has 0 radical (unpaired) electrons. The molecule has 0 bridgehead atoms. The molecule has 3 N–H and O–H groups in total. The summed E-state index contributed by atoms with van der Waals surface area (Å²) in [6, 6.07) is 0. The van der Waals surface area contributed by atoms with Gasteiger partial charge in [-0.25, -0.2) is 9.97 Å². The Kier molecular flexibility index (Phi) is 3.11. The number of nitrogens with two attached hydrogens (primary N) is 1. The molecule has 0 spiro atoms. The van der Waals surface area contributed by atoms with Crippen molar-refractivity contribution in [2.24, 2.45) is 12.8 Å². The Morgan fingerprint density at radius 2 is 2.15 bits per heavy atom. The fraction of sp³-hybridized carbons (Fsp3) is 0.308. The maximum Gasteiger partial charge on any atom is 0.180 e. The van der Waals surface area contributed by atoms with Crippen molar-refractivity contribution >= 4 is 11.5 Å². The third-order valence-electron chi connectivity index (χ3n) is 3.18. The Balaban J connectivity index is 2.21. The lowest BCUT2D eigenvalue weighted by molar-refractivity contribution is 0.768. The van der Waals surface area contributed by atoms with Crippen molar-refractivity contribution in [2.75, 3.05) is 18.9 Å². The molecule has 3 aromatic rings. The molecule has 0 amide bonds. The molecule has 3 aromatic heterocycles. The molecule has 0 unspecified atom stereocenters. The average molecular weight is 271 g/mol. The van der Waals surface area contributed by atoms with Gasteiger partial charge in [0.05, 0.1) is 23.8 Å². The summed E-state index contributed by atoms with van der Waals surface area (Å²) in [6.07, 6.45) is 8.34. The summed E-state index contributed by atoms with van der Waals surface area (Å²) >= 11 is 0. The van der Waals surface area contributed by atoms with E-state index in [2.05, 4.69) is 20.4 Å². The lowest BCUT2D eigenvalue weighted by atomic mass is 10.2. The van der Waals surface area contributed by atoms with Gasteiger partial charge >= 0.3 is 0 Å². The normalized spacial score (nSPS) is 11.2. The molecule has 0 aliphatic rings. The predicted octanol–water partition coefficient (Wildman–Crippen LogP) is 0.673. The van der Waals surface area contributed by atoms with Crippen LogP contribution in [0.2, 0.25) is 0 Å². The molecular formula is C13H17N7. The zero-order chi connectivity index (χ0) is 14.1. The minimum atomic E-state index is 0.568. The van der Waals surface area contributed by atoms with Gasteiger partial charge in [-0.15, -0.1) is 0 Å². The lowest BCUT2D eigenvalue weighted by Gasteiger charge is -2.07. The number of hydrogen-bond donors (Lipinski definition) is 2. The quantitative estimate of drug-likeness (QED) is 0.728. The molecule has 3 heterocycles. The molecule has 104 valence electrons. The third kappa shape index (κ3) is 2.01. The Morgan fingerprint density at radius 1 is 1.30 bits per heavy atom. The zero-order valence-corrected chi connectivity index (χ0v) is 11.5. The smallest absolute Gasteiger partial charge is 0.180 e. The van der Waals surface area contributed by atoms with E-state index >= 15 is 0 Å². The van der Waals surface area contributed by atoms with Gasteiger partial charge in [-0.2, -0.15) is 5.10 Å². The number of anilines is 1. The van der Waals surface area contributed by atoms with E-state index < -0.39 is 0 Å². The van der Waals surface area contributed by atoms with Crippen LogP contribution in [0.5, 0.6) is 0 Å². The van der Waals surface area contributed by atoms with E-state index in [-0.39, 0.29) is 0 Å². The summed E-state index contributed by atoms with van der Waals surface area (Å²) in [6.45, 7) is 0.568. The van der Waals surface area contributed by atoms with Crippen molar-refractivity contribution < 1.29 is 0 Å². The van der Waals surface area contributed by atoms with Crippen molar-refractivity contribution in [3.8, 4) is 11.3 Å². The van der Waals surface area contributed by atoms with Crippen LogP contribution in [0, 0.1) is 0 Å². The van der Waals surface area contributed by atoms with Crippen LogP contribution in [0.3, 0.4) is 0 Å². The topological polar surface area (TPSA) is 86.1 Å². The highest BCUT2D eigenvalue weighted by atomic mass is 15.2. The SMILES string of the molecule is CNc1nc(CCN)cn2c(-c3cnn(C)c3)cnc12. The summed E-state index contributed by atoms with van der Waals surface area (Å²) in [5.41, 5.74) is 9.37. The molecule has 0 aliphatic carbocycles. The Morgan fingerprint density at radius 3 is 2.80 bits per heavy atom. The van der Waals surface area contributed by atoms with Gasteiger partial charge in [-0.05, 0) is 6.54 Å². The first kappa shape index (κ1) is 12.6. The molecule has 7 nitrogen and oxygen atoms in total. The van der Waals surface area contributed by atoms with E-state index in [0.717, 1.165) is 34.8 Å². The van der Waals surface area contributed by atoms with Gasteiger partial charge in [-0.1, -0.05) is 0 Å². The number of nitrogens with one attached hydrogen (secondary N) is 1. The van der Waals surface area contributed by atoms with Gasteiger partial charge in [0.2, 0.25) is 0 Å². The Hall–Kier alpha value is -2.41. The molecule has 0 fully saturated rings. The lowest BCUT2D eigenvalue weighted by Crippen LogP contribution is -2.08.